The lowest BCUT2D eigenvalue weighted by atomic mass is 10.0. The zero-order valence-electron chi connectivity index (χ0n) is 22.4. The molecule has 0 fully saturated rings. The van der Waals surface area contributed by atoms with Crippen LogP contribution in [0.2, 0.25) is 0 Å². The highest BCUT2D eigenvalue weighted by molar-refractivity contribution is 5.98. The van der Waals surface area contributed by atoms with Crippen LogP contribution < -0.4 is 14.8 Å². The third kappa shape index (κ3) is 7.43. The molecule has 8 nitrogen and oxygen atoms in total. The number of methoxy groups -OCH3 is 1. The lowest BCUT2D eigenvalue weighted by molar-refractivity contribution is -0.156. The second-order valence-corrected chi connectivity index (χ2v) is 9.41. The minimum Gasteiger partial charge on any atom is -0.503 e. The van der Waals surface area contributed by atoms with Crippen LogP contribution in [0.15, 0.2) is 66.9 Å². The van der Waals surface area contributed by atoms with E-state index in [1.807, 2.05) is 6.07 Å². The molecular weight excluding hydrogens is 510 g/mol. The van der Waals surface area contributed by atoms with Gasteiger partial charge in [0.25, 0.3) is 11.8 Å². The second-order valence-electron chi connectivity index (χ2n) is 9.41. The first kappa shape index (κ1) is 29.3. The molecule has 1 heterocycles. The third-order valence-corrected chi connectivity index (χ3v) is 6.01. The zero-order chi connectivity index (χ0) is 28.7. The Morgan fingerprint density at radius 2 is 1.64 bits per heavy atom. The van der Waals surface area contributed by atoms with Crippen molar-refractivity contribution >= 4 is 11.9 Å². The largest absolute Gasteiger partial charge is 0.503 e. The van der Waals surface area contributed by atoms with Gasteiger partial charge < -0.3 is 24.6 Å². The van der Waals surface area contributed by atoms with Crippen LogP contribution in [0.25, 0.3) is 0 Å². The van der Waals surface area contributed by atoms with E-state index in [0.717, 1.165) is 6.92 Å². The molecule has 3 rings (SSSR count). The quantitative estimate of drug-likeness (QED) is 0.312. The topological polar surface area (TPSA) is 107 Å². The predicted molar refractivity (Wildman–Crippen MR) is 140 cm³/mol. The van der Waals surface area contributed by atoms with Crippen molar-refractivity contribution in [1.29, 1.82) is 0 Å². The Balaban J connectivity index is 1.79. The summed E-state index contributed by atoms with van der Waals surface area (Å²) in [6.07, 6.45) is -0.321. The summed E-state index contributed by atoms with van der Waals surface area (Å²) < 4.78 is 44.1. The molecule has 0 spiro atoms. The maximum atomic E-state index is 13.6. The Morgan fingerprint density at radius 3 is 2.21 bits per heavy atom. The van der Waals surface area contributed by atoms with Gasteiger partial charge in [-0.3, -0.25) is 4.79 Å². The first-order valence-corrected chi connectivity index (χ1v) is 12.4. The van der Waals surface area contributed by atoms with Gasteiger partial charge in [-0.05, 0) is 42.7 Å². The maximum absolute atomic E-state index is 13.6. The summed E-state index contributed by atoms with van der Waals surface area (Å²) in [5.74, 6) is -4.95. The standard InChI is InChI=1S/C29H32F2N2O6/c1-17(2)23(33-27(35)24-25(34)22(37-5)15-16-32-24)28(36)38-18(3)26(19-9-7-6-8-10-19)39-21-13-11-20(12-14-21)29(4,30)31/h6-18,23,26,34H,1-5H3,(H,33,35)/t18-,23-,26-/m0/s1. The van der Waals surface area contributed by atoms with E-state index in [4.69, 9.17) is 14.2 Å². The molecule has 3 aromatic rings. The number of carbonyl (C=O) groups excluding carboxylic acids is 2. The molecule has 0 unspecified atom stereocenters. The lowest BCUT2D eigenvalue weighted by Gasteiger charge is -2.28. The van der Waals surface area contributed by atoms with Gasteiger partial charge in [-0.25, -0.2) is 18.6 Å². The van der Waals surface area contributed by atoms with Crippen molar-refractivity contribution in [2.75, 3.05) is 7.11 Å². The van der Waals surface area contributed by atoms with Gasteiger partial charge in [-0.2, -0.15) is 0 Å². The van der Waals surface area contributed by atoms with Crippen LogP contribution in [0, 0.1) is 5.92 Å². The van der Waals surface area contributed by atoms with Gasteiger partial charge in [0, 0.05) is 24.8 Å². The molecule has 0 aliphatic heterocycles. The van der Waals surface area contributed by atoms with Crippen molar-refractivity contribution in [3.63, 3.8) is 0 Å². The number of aromatic hydroxyl groups is 1. The van der Waals surface area contributed by atoms with E-state index in [1.54, 1.807) is 45.0 Å². The molecule has 1 aromatic heterocycles. The van der Waals surface area contributed by atoms with Crippen LogP contribution in [-0.4, -0.2) is 41.2 Å². The number of alkyl halides is 2. The molecule has 0 bridgehead atoms. The molecule has 0 saturated carbocycles. The van der Waals surface area contributed by atoms with E-state index in [1.165, 1.54) is 43.6 Å². The van der Waals surface area contributed by atoms with Crippen LogP contribution in [-0.2, 0) is 15.5 Å². The van der Waals surface area contributed by atoms with Gasteiger partial charge in [0.2, 0.25) is 0 Å². The van der Waals surface area contributed by atoms with Crippen LogP contribution in [0.3, 0.4) is 0 Å². The maximum Gasteiger partial charge on any atom is 0.329 e. The predicted octanol–water partition coefficient (Wildman–Crippen LogP) is 5.41. The Kier molecular flexibility index (Phi) is 9.45. The average Bonchev–Trinajstić information content (AvgIpc) is 2.90. The van der Waals surface area contributed by atoms with Crippen molar-refractivity contribution in [2.24, 2.45) is 5.92 Å². The molecule has 2 aromatic carbocycles. The van der Waals surface area contributed by atoms with E-state index in [9.17, 15) is 23.5 Å². The second kappa shape index (κ2) is 12.6. The molecule has 3 atom stereocenters. The number of hydrogen-bond donors (Lipinski definition) is 2. The number of carbonyl (C=O) groups is 2. The van der Waals surface area contributed by atoms with Gasteiger partial charge in [0.15, 0.2) is 23.3 Å². The summed E-state index contributed by atoms with van der Waals surface area (Å²) in [6.45, 7) is 5.91. The highest BCUT2D eigenvalue weighted by Gasteiger charge is 2.32. The third-order valence-electron chi connectivity index (χ3n) is 6.01. The zero-order valence-corrected chi connectivity index (χ0v) is 22.4. The van der Waals surface area contributed by atoms with Crippen LogP contribution >= 0.6 is 0 Å². The fourth-order valence-electron chi connectivity index (χ4n) is 3.84. The van der Waals surface area contributed by atoms with Crippen molar-refractivity contribution in [3.05, 3.63) is 83.7 Å². The summed E-state index contributed by atoms with van der Waals surface area (Å²) in [6, 6.07) is 14.7. The van der Waals surface area contributed by atoms with Gasteiger partial charge >= 0.3 is 5.97 Å². The smallest absolute Gasteiger partial charge is 0.329 e. The van der Waals surface area contributed by atoms with Crippen molar-refractivity contribution in [3.8, 4) is 17.2 Å². The van der Waals surface area contributed by atoms with Crippen LogP contribution in [0.4, 0.5) is 8.78 Å². The number of benzene rings is 2. The van der Waals surface area contributed by atoms with Crippen molar-refractivity contribution in [2.45, 2.75) is 51.9 Å². The van der Waals surface area contributed by atoms with Crippen LogP contribution in [0.1, 0.15) is 55.4 Å². The fraction of sp³-hybridized carbons (Fsp3) is 0.345. The molecule has 2 N–H and O–H groups in total. The van der Waals surface area contributed by atoms with E-state index >= 15 is 0 Å². The number of ether oxygens (including phenoxy) is 3. The Hall–Kier alpha value is -4.21. The molecule has 208 valence electrons. The first-order chi connectivity index (χ1) is 18.4. The SMILES string of the molecule is COc1ccnc(C(=O)N[C@H](C(=O)O[C@@H](C)[C@H](Oc2ccc(C(C)(F)F)cc2)c2ccccc2)C(C)C)c1O. The first-order valence-electron chi connectivity index (χ1n) is 12.4. The average molecular weight is 543 g/mol. The van der Waals surface area contributed by atoms with E-state index in [-0.39, 0.29) is 22.9 Å². The van der Waals surface area contributed by atoms with E-state index in [2.05, 4.69) is 10.3 Å². The summed E-state index contributed by atoms with van der Waals surface area (Å²) in [4.78, 5) is 30.0. The Labute approximate surface area is 225 Å². The number of nitrogens with zero attached hydrogens (tertiary/aromatic N) is 1. The number of aromatic nitrogens is 1. The molecule has 0 aliphatic rings. The van der Waals surface area contributed by atoms with E-state index < -0.39 is 41.8 Å². The summed E-state index contributed by atoms with van der Waals surface area (Å²) in [7, 11) is 1.34. The molecular formula is C29H32F2N2O6. The summed E-state index contributed by atoms with van der Waals surface area (Å²) >= 11 is 0. The number of nitrogens with one attached hydrogen (secondary N) is 1. The number of rotatable bonds is 11. The number of hydrogen-bond acceptors (Lipinski definition) is 7. The van der Waals surface area contributed by atoms with E-state index in [0.29, 0.717) is 11.3 Å². The van der Waals surface area contributed by atoms with Crippen LogP contribution in [0.5, 0.6) is 17.2 Å². The van der Waals surface area contributed by atoms with Crippen molar-refractivity contribution < 1.29 is 37.7 Å². The summed E-state index contributed by atoms with van der Waals surface area (Å²) in [5.41, 5.74) is 0.239. The van der Waals surface area contributed by atoms with Gasteiger partial charge in [-0.15, -0.1) is 0 Å². The molecule has 1 amide bonds. The number of esters is 1. The number of pyridine rings is 1. The summed E-state index contributed by atoms with van der Waals surface area (Å²) in [5, 5.41) is 12.8. The Morgan fingerprint density at radius 1 is 1.00 bits per heavy atom. The van der Waals surface area contributed by atoms with Crippen molar-refractivity contribution in [1.82, 2.24) is 10.3 Å². The highest BCUT2D eigenvalue weighted by Crippen LogP contribution is 2.32. The molecule has 0 saturated heterocycles. The van der Waals surface area contributed by atoms with Gasteiger partial charge in [-0.1, -0.05) is 44.2 Å². The van der Waals surface area contributed by atoms with Gasteiger partial charge in [0.1, 0.15) is 17.9 Å². The lowest BCUT2D eigenvalue weighted by Crippen LogP contribution is -2.47. The molecule has 10 heteroatoms. The minimum atomic E-state index is -2.99. The molecule has 0 radical (unpaired) electrons. The Bertz CT molecular complexity index is 1260. The molecule has 39 heavy (non-hydrogen) atoms. The molecule has 0 aliphatic carbocycles. The minimum absolute atomic E-state index is 0.0611. The monoisotopic (exact) mass is 542 g/mol. The number of amides is 1. The highest BCUT2D eigenvalue weighted by atomic mass is 19.3. The van der Waals surface area contributed by atoms with Gasteiger partial charge in [0.05, 0.1) is 7.11 Å². The number of halogens is 2. The normalized spacial score (nSPS) is 13.7. The fourth-order valence-corrected chi connectivity index (χ4v) is 3.84.